The van der Waals surface area contributed by atoms with Gasteiger partial charge in [0.15, 0.2) is 6.10 Å². The lowest BCUT2D eigenvalue weighted by Gasteiger charge is -2.12. The third kappa shape index (κ3) is 6.58. The fourth-order valence-corrected chi connectivity index (χ4v) is 2.30. The van der Waals surface area contributed by atoms with E-state index < -0.39 is 22.9 Å². The van der Waals surface area contributed by atoms with Crippen molar-refractivity contribution in [1.82, 2.24) is 0 Å². The average Bonchev–Trinajstić information content (AvgIpc) is 2.67. The van der Waals surface area contributed by atoms with Gasteiger partial charge >= 0.3 is 5.97 Å². The first kappa shape index (κ1) is 21.3. The Morgan fingerprint density at radius 2 is 1.62 bits per heavy atom. The normalized spacial score (nSPS) is 11.5. The van der Waals surface area contributed by atoms with E-state index in [4.69, 9.17) is 4.74 Å². The Bertz CT molecular complexity index is 953. The Labute approximate surface area is 166 Å². The van der Waals surface area contributed by atoms with Crippen molar-refractivity contribution in [3.63, 3.8) is 0 Å². The SMILES string of the molecule is CC(=O)Nc1ccc(NC(=O)[C@@H](C)OC(=O)/C=C/c2ccccc2[N+](=O)[O-])cc1. The number of ether oxygens (including phenoxy) is 1. The Morgan fingerprint density at radius 1 is 1.03 bits per heavy atom. The molecule has 0 heterocycles. The minimum atomic E-state index is -1.09. The number of amides is 2. The van der Waals surface area contributed by atoms with Crippen molar-refractivity contribution >= 4 is 40.9 Å². The number of benzene rings is 2. The topological polar surface area (TPSA) is 128 Å². The molecule has 0 unspecified atom stereocenters. The number of carbonyl (C=O) groups is 3. The van der Waals surface area contributed by atoms with Crippen LogP contribution in [0.25, 0.3) is 6.08 Å². The van der Waals surface area contributed by atoms with Gasteiger partial charge in [0.05, 0.1) is 10.5 Å². The van der Waals surface area contributed by atoms with Crippen molar-refractivity contribution in [3.8, 4) is 0 Å². The summed E-state index contributed by atoms with van der Waals surface area (Å²) in [6.07, 6.45) is 1.19. The number of nitrogens with one attached hydrogen (secondary N) is 2. The molecule has 2 N–H and O–H groups in total. The van der Waals surface area contributed by atoms with E-state index in [0.717, 1.165) is 6.08 Å². The van der Waals surface area contributed by atoms with Crippen LogP contribution in [-0.4, -0.2) is 28.8 Å². The number of hydrogen-bond acceptors (Lipinski definition) is 6. The van der Waals surface area contributed by atoms with Gasteiger partial charge in [-0.1, -0.05) is 12.1 Å². The van der Waals surface area contributed by atoms with Crippen LogP contribution in [0.1, 0.15) is 19.4 Å². The third-order valence-corrected chi connectivity index (χ3v) is 3.67. The molecule has 150 valence electrons. The minimum absolute atomic E-state index is 0.148. The van der Waals surface area contributed by atoms with Crippen molar-refractivity contribution in [2.45, 2.75) is 20.0 Å². The van der Waals surface area contributed by atoms with Crippen molar-refractivity contribution < 1.29 is 24.0 Å². The zero-order chi connectivity index (χ0) is 21.4. The molecule has 0 radical (unpaired) electrons. The Hall–Kier alpha value is -4.01. The summed E-state index contributed by atoms with van der Waals surface area (Å²) in [6, 6.07) is 12.3. The van der Waals surface area contributed by atoms with Crippen LogP contribution in [0, 0.1) is 10.1 Å². The third-order valence-electron chi connectivity index (χ3n) is 3.67. The van der Waals surface area contributed by atoms with E-state index in [1.165, 1.54) is 38.1 Å². The van der Waals surface area contributed by atoms with E-state index in [1.54, 1.807) is 30.3 Å². The summed E-state index contributed by atoms with van der Waals surface area (Å²) in [5.41, 5.74) is 1.13. The summed E-state index contributed by atoms with van der Waals surface area (Å²) < 4.78 is 5.02. The lowest BCUT2D eigenvalue weighted by Crippen LogP contribution is -2.29. The molecule has 2 amide bonds. The molecule has 2 aromatic carbocycles. The molecule has 0 saturated heterocycles. The molecule has 2 rings (SSSR count). The van der Waals surface area contributed by atoms with Gasteiger partial charge in [0, 0.05) is 30.4 Å². The fourth-order valence-electron chi connectivity index (χ4n) is 2.30. The molecule has 0 fully saturated rings. The smallest absolute Gasteiger partial charge is 0.331 e. The minimum Gasteiger partial charge on any atom is -0.449 e. The van der Waals surface area contributed by atoms with Gasteiger partial charge in [-0.15, -0.1) is 0 Å². The number of anilines is 2. The molecule has 9 nitrogen and oxygen atoms in total. The van der Waals surface area contributed by atoms with Crippen LogP contribution >= 0.6 is 0 Å². The standard InChI is InChI=1S/C20H19N3O6/c1-13(20(26)22-17-10-8-16(9-11-17)21-14(2)24)29-19(25)12-7-15-5-3-4-6-18(15)23(27)28/h3-13H,1-2H3,(H,21,24)(H,22,26)/b12-7+/t13-/m1/s1. The number of nitro benzene ring substituents is 1. The largest absolute Gasteiger partial charge is 0.449 e. The van der Waals surface area contributed by atoms with Gasteiger partial charge in [0.2, 0.25) is 5.91 Å². The molecule has 29 heavy (non-hydrogen) atoms. The van der Waals surface area contributed by atoms with Gasteiger partial charge in [-0.3, -0.25) is 19.7 Å². The second-order valence-electron chi connectivity index (χ2n) is 5.98. The number of para-hydroxylation sites is 1. The molecular formula is C20H19N3O6. The Kier molecular flexibility index (Phi) is 7.19. The van der Waals surface area contributed by atoms with Crippen LogP contribution in [0.2, 0.25) is 0 Å². The summed E-state index contributed by atoms with van der Waals surface area (Å²) in [6.45, 7) is 2.79. The first-order valence-electron chi connectivity index (χ1n) is 8.57. The maximum absolute atomic E-state index is 12.2. The van der Waals surface area contributed by atoms with E-state index in [0.29, 0.717) is 11.4 Å². The predicted molar refractivity (Wildman–Crippen MR) is 107 cm³/mol. The first-order chi connectivity index (χ1) is 13.8. The first-order valence-corrected chi connectivity index (χ1v) is 8.57. The predicted octanol–water partition coefficient (Wildman–Crippen LogP) is 3.14. The Balaban J connectivity index is 1.93. The van der Waals surface area contributed by atoms with Gasteiger partial charge in [-0.05, 0) is 43.3 Å². The van der Waals surface area contributed by atoms with Gasteiger partial charge in [0.25, 0.3) is 11.6 Å². The van der Waals surface area contributed by atoms with Crippen molar-refractivity contribution in [2.24, 2.45) is 0 Å². The highest BCUT2D eigenvalue weighted by Crippen LogP contribution is 2.19. The van der Waals surface area contributed by atoms with Crippen LogP contribution in [0.4, 0.5) is 17.1 Å². The van der Waals surface area contributed by atoms with Crippen LogP contribution in [0.3, 0.4) is 0 Å². The molecule has 0 saturated carbocycles. The van der Waals surface area contributed by atoms with Crippen molar-refractivity contribution in [2.75, 3.05) is 10.6 Å². The highest BCUT2D eigenvalue weighted by Gasteiger charge is 2.17. The summed E-state index contributed by atoms with van der Waals surface area (Å²) in [5, 5.41) is 16.1. The molecule has 9 heteroatoms. The molecule has 0 aliphatic rings. The van der Waals surface area contributed by atoms with Gasteiger partial charge < -0.3 is 15.4 Å². The second-order valence-corrected chi connectivity index (χ2v) is 5.98. The molecule has 0 spiro atoms. The molecule has 0 aliphatic heterocycles. The fraction of sp³-hybridized carbons (Fsp3) is 0.150. The number of rotatable bonds is 7. The van der Waals surface area contributed by atoms with Gasteiger partial charge in [0.1, 0.15) is 0 Å². The van der Waals surface area contributed by atoms with Crippen LogP contribution in [-0.2, 0) is 19.1 Å². The summed E-state index contributed by atoms with van der Waals surface area (Å²) >= 11 is 0. The lowest BCUT2D eigenvalue weighted by atomic mass is 10.1. The summed E-state index contributed by atoms with van der Waals surface area (Å²) in [5.74, 6) is -1.58. The van der Waals surface area contributed by atoms with Crippen molar-refractivity contribution in [3.05, 3.63) is 70.3 Å². The maximum atomic E-state index is 12.2. The zero-order valence-corrected chi connectivity index (χ0v) is 15.7. The van der Waals surface area contributed by atoms with Gasteiger partial charge in [-0.25, -0.2) is 4.79 Å². The number of nitro groups is 1. The number of carbonyl (C=O) groups excluding carboxylic acids is 3. The molecule has 0 aromatic heterocycles. The Morgan fingerprint density at radius 3 is 2.21 bits per heavy atom. The highest BCUT2D eigenvalue weighted by atomic mass is 16.6. The molecule has 1 atom stereocenters. The molecular weight excluding hydrogens is 378 g/mol. The number of esters is 1. The van der Waals surface area contributed by atoms with E-state index in [2.05, 4.69) is 10.6 Å². The summed E-state index contributed by atoms with van der Waals surface area (Å²) in [4.78, 5) is 45.5. The summed E-state index contributed by atoms with van der Waals surface area (Å²) in [7, 11) is 0. The maximum Gasteiger partial charge on any atom is 0.331 e. The van der Waals surface area contributed by atoms with Crippen molar-refractivity contribution in [1.29, 1.82) is 0 Å². The van der Waals surface area contributed by atoms with Crippen LogP contribution in [0.15, 0.2) is 54.6 Å². The quantitative estimate of drug-likeness (QED) is 0.320. The van der Waals surface area contributed by atoms with Crippen LogP contribution in [0.5, 0.6) is 0 Å². The van der Waals surface area contributed by atoms with E-state index in [1.807, 2.05) is 0 Å². The highest BCUT2D eigenvalue weighted by molar-refractivity contribution is 5.97. The van der Waals surface area contributed by atoms with E-state index in [9.17, 15) is 24.5 Å². The average molecular weight is 397 g/mol. The van der Waals surface area contributed by atoms with E-state index >= 15 is 0 Å². The zero-order valence-electron chi connectivity index (χ0n) is 15.7. The van der Waals surface area contributed by atoms with E-state index in [-0.39, 0.29) is 17.2 Å². The second kappa shape index (κ2) is 9.79. The molecule has 0 aliphatic carbocycles. The molecule has 2 aromatic rings. The molecule has 0 bridgehead atoms. The van der Waals surface area contributed by atoms with Gasteiger partial charge in [-0.2, -0.15) is 0 Å². The lowest BCUT2D eigenvalue weighted by molar-refractivity contribution is -0.385. The number of hydrogen-bond donors (Lipinski definition) is 2. The number of nitrogens with zero attached hydrogens (tertiary/aromatic N) is 1. The van der Waals surface area contributed by atoms with Crippen LogP contribution < -0.4 is 10.6 Å². The monoisotopic (exact) mass is 397 g/mol.